The van der Waals surface area contributed by atoms with Crippen molar-refractivity contribution in [2.45, 2.75) is 19.8 Å². The summed E-state index contributed by atoms with van der Waals surface area (Å²) < 4.78 is 5.41. The molecule has 0 saturated heterocycles. The number of hydrogen-bond acceptors (Lipinski definition) is 5. The number of ether oxygens (including phenoxy) is 1. The standard InChI is InChI=1S/C26H19NO6/c1-2-3-13-33-26(30)20-10-8-17-15-11-12-21(27(31)32)18-6-4-5-14(22(15)18)16-7-9-19(25(28)29)24(20)23(16)17/h4-12H,2-3,13H2,1H3,(H,28,29). The Balaban J connectivity index is 1.95. The second kappa shape index (κ2) is 7.70. The lowest BCUT2D eigenvalue weighted by Crippen LogP contribution is -2.10. The van der Waals surface area contributed by atoms with Crippen LogP contribution < -0.4 is 0 Å². The Hall–Kier alpha value is -4.26. The average Bonchev–Trinajstić information content (AvgIpc) is 2.81. The average molecular weight is 441 g/mol. The van der Waals surface area contributed by atoms with Gasteiger partial charge in [-0.25, -0.2) is 9.59 Å². The van der Waals surface area contributed by atoms with E-state index in [1.807, 2.05) is 13.0 Å². The van der Waals surface area contributed by atoms with Gasteiger partial charge in [-0.05, 0) is 57.6 Å². The lowest BCUT2D eigenvalue weighted by molar-refractivity contribution is -0.383. The molecule has 0 bridgehead atoms. The Morgan fingerprint density at radius 1 is 0.848 bits per heavy atom. The highest BCUT2D eigenvalue weighted by Gasteiger charge is 2.24. The third-order valence-electron chi connectivity index (χ3n) is 6.14. The van der Waals surface area contributed by atoms with Crippen LogP contribution in [0.15, 0.2) is 54.6 Å². The first-order chi connectivity index (χ1) is 15.9. The fourth-order valence-corrected chi connectivity index (χ4v) is 4.68. The second-order valence-electron chi connectivity index (χ2n) is 7.98. The molecule has 0 aliphatic carbocycles. The fraction of sp³-hybridized carbons (Fsp3) is 0.154. The Morgan fingerprint density at radius 2 is 1.45 bits per heavy atom. The molecule has 0 spiro atoms. The predicted octanol–water partition coefficient (Wildman–Crippen LogP) is 6.30. The van der Waals surface area contributed by atoms with Crippen molar-refractivity contribution < 1.29 is 24.4 Å². The number of carboxylic acid groups (broad SMARTS) is 1. The van der Waals surface area contributed by atoms with Gasteiger partial charge in [-0.1, -0.05) is 37.6 Å². The summed E-state index contributed by atoms with van der Waals surface area (Å²) in [6.07, 6.45) is 1.58. The normalized spacial score (nSPS) is 11.5. The van der Waals surface area contributed by atoms with E-state index >= 15 is 0 Å². The van der Waals surface area contributed by atoms with Crippen molar-refractivity contribution >= 4 is 60.7 Å². The van der Waals surface area contributed by atoms with Crippen LogP contribution in [-0.4, -0.2) is 28.6 Å². The van der Waals surface area contributed by atoms with Crippen LogP contribution in [0.2, 0.25) is 0 Å². The van der Waals surface area contributed by atoms with Crippen LogP contribution in [0.3, 0.4) is 0 Å². The maximum atomic E-state index is 12.9. The van der Waals surface area contributed by atoms with E-state index in [-0.39, 0.29) is 23.4 Å². The number of nitro groups is 1. The van der Waals surface area contributed by atoms with E-state index in [1.165, 1.54) is 12.1 Å². The molecule has 0 saturated carbocycles. The van der Waals surface area contributed by atoms with Gasteiger partial charge in [0.1, 0.15) is 0 Å². The minimum absolute atomic E-state index is 0.00794. The molecule has 0 fully saturated rings. The quantitative estimate of drug-likeness (QED) is 0.0827. The van der Waals surface area contributed by atoms with Crippen LogP contribution in [0.5, 0.6) is 0 Å². The van der Waals surface area contributed by atoms with Gasteiger partial charge in [-0.2, -0.15) is 0 Å². The van der Waals surface area contributed by atoms with Gasteiger partial charge in [0.15, 0.2) is 0 Å². The molecule has 0 atom stereocenters. The molecule has 5 aromatic carbocycles. The molecule has 0 heterocycles. The largest absolute Gasteiger partial charge is 0.478 e. The fourth-order valence-electron chi connectivity index (χ4n) is 4.68. The number of esters is 1. The molecule has 5 rings (SSSR count). The Labute approximate surface area is 187 Å². The number of benzene rings is 5. The molecule has 7 nitrogen and oxygen atoms in total. The molecule has 0 aliphatic rings. The molecule has 1 N–H and O–H groups in total. The summed E-state index contributed by atoms with van der Waals surface area (Å²) in [6.45, 7) is 2.24. The molecule has 0 unspecified atom stereocenters. The van der Waals surface area contributed by atoms with Crippen LogP contribution in [-0.2, 0) is 4.74 Å². The van der Waals surface area contributed by atoms with Crippen LogP contribution >= 0.6 is 0 Å². The minimum Gasteiger partial charge on any atom is -0.478 e. The SMILES string of the molecule is CCCCOC(=O)c1ccc2c3ccc([N+](=O)[O-])c4cccc(c5ccc(C(=O)O)c1c52)c43. The van der Waals surface area contributed by atoms with Gasteiger partial charge in [0, 0.05) is 16.8 Å². The maximum Gasteiger partial charge on any atom is 0.338 e. The molecule has 164 valence electrons. The molecule has 33 heavy (non-hydrogen) atoms. The number of aromatic carboxylic acids is 1. The molecule has 5 aromatic rings. The van der Waals surface area contributed by atoms with E-state index in [4.69, 9.17) is 4.74 Å². The highest BCUT2D eigenvalue weighted by molar-refractivity contribution is 6.36. The van der Waals surface area contributed by atoms with Gasteiger partial charge in [-0.3, -0.25) is 10.1 Å². The Morgan fingerprint density at radius 3 is 2.12 bits per heavy atom. The molecule has 0 amide bonds. The maximum absolute atomic E-state index is 12.9. The minimum atomic E-state index is -1.14. The number of nitrogens with zero attached hydrogens (tertiary/aromatic N) is 1. The lowest BCUT2D eigenvalue weighted by Gasteiger charge is -2.17. The van der Waals surface area contributed by atoms with E-state index in [9.17, 15) is 24.8 Å². The molecule has 0 radical (unpaired) electrons. The molecule has 7 heteroatoms. The molecular weight excluding hydrogens is 422 g/mol. The van der Waals surface area contributed by atoms with Crippen molar-refractivity contribution in [3.8, 4) is 0 Å². The van der Waals surface area contributed by atoms with Gasteiger partial charge in [-0.15, -0.1) is 0 Å². The van der Waals surface area contributed by atoms with Crippen LogP contribution in [0.1, 0.15) is 40.5 Å². The number of non-ortho nitro benzene ring substituents is 1. The molecular formula is C26H19NO6. The van der Waals surface area contributed by atoms with Gasteiger partial charge in [0.25, 0.3) is 5.69 Å². The first-order valence-corrected chi connectivity index (χ1v) is 10.6. The van der Waals surface area contributed by atoms with Crippen LogP contribution in [0.4, 0.5) is 5.69 Å². The van der Waals surface area contributed by atoms with E-state index in [0.29, 0.717) is 22.6 Å². The van der Waals surface area contributed by atoms with Gasteiger partial charge < -0.3 is 9.84 Å². The smallest absolute Gasteiger partial charge is 0.338 e. The van der Waals surface area contributed by atoms with Crippen molar-refractivity contribution in [2.75, 3.05) is 6.61 Å². The monoisotopic (exact) mass is 441 g/mol. The number of carbonyl (C=O) groups is 2. The number of rotatable bonds is 6. The van der Waals surface area contributed by atoms with Crippen molar-refractivity contribution in [3.63, 3.8) is 0 Å². The van der Waals surface area contributed by atoms with E-state index < -0.39 is 16.9 Å². The summed E-state index contributed by atoms with van der Waals surface area (Å²) >= 11 is 0. The zero-order chi connectivity index (χ0) is 23.3. The molecule has 0 aliphatic heterocycles. The van der Waals surface area contributed by atoms with Gasteiger partial charge in [0.05, 0.1) is 28.0 Å². The van der Waals surface area contributed by atoms with Gasteiger partial charge in [0.2, 0.25) is 0 Å². The zero-order valence-electron chi connectivity index (χ0n) is 17.8. The molecule has 0 aromatic heterocycles. The highest BCUT2D eigenvalue weighted by Crippen LogP contribution is 2.44. The highest BCUT2D eigenvalue weighted by atomic mass is 16.6. The van der Waals surface area contributed by atoms with E-state index in [1.54, 1.807) is 36.4 Å². The summed E-state index contributed by atoms with van der Waals surface area (Å²) in [5, 5.41) is 26.7. The number of fused-ring (bicyclic) bond motifs is 2. The number of unbranched alkanes of at least 4 members (excludes halogenated alkanes) is 1. The predicted molar refractivity (Wildman–Crippen MR) is 126 cm³/mol. The second-order valence-corrected chi connectivity index (χ2v) is 7.98. The first-order valence-electron chi connectivity index (χ1n) is 10.6. The third-order valence-corrected chi connectivity index (χ3v) is 6.14. The number of hydrogen-bond donors (Lipinski definition) is 1. The summed E-state index contributed by atoms with van der Waals surface area (Å²) in [4.78, 5) is 36.2. The summed E-state index contributed by atoms with van der Waals surface area (Å²) in [6, 6.07) is 15.0. The lowest BCUT2D eigenvalue weighted by atomic mass is 9.86. The van der Waals surface area contributed by atoms with Crippen molar-refractivity contribution in [1.82, 2.24) is 0 Å². The number of carbonyl (C=O) groups excluding carboxylic acids is 1. The zero-order valence-corrected chi connectivity index (χ0v) is 17.8. The summed E-state index contributed by atoms with van der Waals surface area (Å²) in [5.74, 6) is -1.71. The Bertz CT molecular complexity index is 1580. The third kappa shape index (κ3) is 3.04. The summed E-state index contributed by atoms with van der Waals surface area (Å²) in [5.41, 5.74) is 0.214. The van der Waals surface area contributed by atoms with Gasteiger partial charge >= 0.3 is 11.9 Å². The number of carboxylic acids is 1. The first kappa shape index (κ1) is 20.6. The van der Waals surface area contributed by atoms with Crippen LogP contribution in [0, 0.1) is 10.1 Å². The topological polar surface area (TPSA) is 107 Å². The van der Waals surface area contributed by atoms with Crippen molar-refractivity contribution in [1.29, 1.82) is 0 Å². The Kier molecular flexibility index (Phi) is 4.82. The van der Waals surface area contributed by atoms with Crippen LogP contribution in [0.25, 0.3) is 43.1 Å². The summed E-state index contributed by atoms with van der Waals surface area (Å²) in [7, 11) is 0. The number of nitro benzene ring substituents is 1. The van der Waals surface area contributed by atoms with E-state index in [0.717, 1.165) is 33.4 Å². The van der Waals surface area contributed by atoms with Crippen molar-refractivity contribution in [3.05, 3.63) is 75.8 Å². The van der Waals surface area contributed by atoms with Crippen molar-refractivity contribution in [2.24, 2.45) is 0 Å². The van der Waals surface area contributed by atoms with E-state index in [2.05, 4.69) is 0 Å².